The minimum absolute atomic E-state index is 0.802. The Morgan fingerprint density at radius 3 is 2.42 bits per heavy atom. The maximum atomic E-state index is 5.37. The molecule has 0 aromatic heterocycles. The zero-order valence-electron chi connectivity index (χ0n) is 7.84. The van der Waals surface area contributed by atoms with E-state index in [1.165, 1.54) is 38.5 Å². The summed E-state index contributed by atoms with van der Waals surface area (Å²) in [5.41, 5.74) is 0. The predicted octanol–water partition coefficient (Wildman–Crippen LogP) is 1.73. The Labute approximate surface area is 101 Å². The van der Waals surface area contributed by atoms with Gasteiger partial charge in [0, 0.05) is 0 Å². The van der Waals surface area contributed by atoms with E-state index in [4.69, 9.17) is 4.49 Å². The summed E-state index contributed by atoms with van der Waals surface area (Å²) in [5, 5.41) is 0. The van der Waals surface area contributed by atoms with E-state index in [9.17, 15) is 0 Å². The number of hydrogen-bond donors (Lipinski definition) is 0. The van der Waals surface area contributed by atoms with Crippen molar-refractivity contribution in [1.82, 2.24) is 0 Å². The molecule has 0 aromatic rings. The molecule has 2 nitrogen and oxygen atoms in total. The van der Waals surface area contributed by atoms with Gasteiger partial charge in [-0.2, -0.15) is 0 Å². The van der Waals surface area contributed by atoms with Crippen LogP contribution in [0.25, 0.3) is 0 Å². The van der Waals surface area contributed by atoms with Crippen LogP contribution in [0.2, 0.25) is 0 Å². The van der Waals surface area contributed by atoms with Gasteiger partial charge in [0.1, 0.15) is 0 Å². The van der Waals surface area contributed by atoms with Crippen molar-refractivity contribution in [3.05, 3.63) is 0 Å². The Morgan fingerprint density at radius 1 is 1.08 bits per heavy atom. The van der Waals surface area contributed by atoms with Crippen molar-refractivity contribution >= 4 is 44.9 Å². The Hall–Kier alpha value is 1.52. The van der Waals surface area contributed by atoms with Crippen molar-refractivity contribution in [2.24, 2.45) is 0 Å². The average molecular weight is 384 g/mol. The van der Waals surface area contributed by atoms with E-state index in [1.54, 1.807) is 0 Å². The van der Waals surface area contributed by atoms with Gasteiger partial charge >= 0.3 is 101 Å². The Balaban J connectivity index is 2.73. The molecule has 0 atom stereocenters. The fraction of sp³-hybridized carbons (Fsp3) is 1.00. The fourth-order valence-electron chi connectivity index (χ4n) is 1.03. The molecule has 0 bridgehead atoms. The van der Waals surface area contributed by atoms with Crippen molar-refractivity contribution in [1.29, 1.82) is 0 Å². The Morgan fingerprint density at radius 2 is 1.75 bits per heavy atom. The summed E-state index contributed by atoms with van der Waals surface area (Å²) in [5.74, 6) is 0. The van der Waals surface area contributed by atoms with E-state index < -0.39 is 22.0 Å². The second-order valence-corrected chi connectivity index (χ2v) is 9.30. The molecule has 0 aromatic carbocycles. The van der Waals surface area contributed by atoms with Crippen molar-refractivity contribution < 1.29 is 4.49 Å². The molecular formula is C8H18O2Sn2. The van der Waals surface area contributed by atoms with Gasteiger partial charge in [-0.1, -0.05) is 0 Å². The van der Waals surface area contributed by atoms with Gasteiger partial charge in [-0.25, -0.2) is 0 Å². The second kappa shape index (κ2) is 12.5. The molecular weight excluding hydrogens is 366 g/mol. The molecule has 0 aliphatic carbocycles. The van der Waals surface area contributed by atoms with Crippen LogP contribution >= 0.6 is 0 Å². The first-order chi connectivity index (χ1) is 5.91. The van der Waals surface area contributed by atoms with E-state index in [0.29, 0.717) is 0 Å². The summed E-state index contributed by atoms with van der Waals surface area (Å²) >= 11 is 0.114. The van der Waals surface area contributed by atoms with Gasteiger partial charge in [-0.3, -0.25) is 0 Å². The second-order valence-electron chi connectivity index (χ2n) is 2.82. The molecule has 0 fully saturated rings. The summed E-state index contributed by atoms with van der Waals surface area (Å²) in [6, 6.07) is 0. The topological polar surface area (TPSA) is 18.5 Å². The normalized spacial score (nSPS) is 10.5. The quantitative estimate of drug-likeness (QED) is 0.446. The Kier molecular flexibility index (Phi) is 14.1. The third-order valence-electron chi connectivity index (χ3n) is 1.71. The zero-order chi connectivity index (χ0) is 9.07. The molecule has 4 heteroatoms. The average Bonchev–Trinajstić information content (AvgIpc) is 2.10. The van der Waals surface area contributed by atoms with Gasteiger partial charge in [0.15, 0.2) is 0 Å². The molecule has 0 spiro atoms. The van der Waals surface area contributed by atoms with Crippen LogP contribution in [0.15, 0.2) is 0 Å². The summed E-state index contributed by atoms with van der Waals surface area (Å²) in [7, 11) is 0. The van der Waals surface area contributed by atoms with E-state index in [0.717, 1.165) is 29.5 Å². The zero-order valence-corrected chi connectivity index (χ0v) is 14.0. The van der Waals surface area contributed by atoms with Gasteiger partial charge in [-0.05, 0) is 0 Å². The van der Waals surface area contributed by atoms with Gasteiger partial charge in [0.2, 0.25) is 0 Å². The molecule has 0 aliphatic heterocycles. The summed E-state index contributed by atoms with van der Waals surface area (Å²) < 4.78 is 10.4. The first-order valence-electron chi connectivity index (χ1n) is 4.64. The third kappa shape index (κ3) is 11.5. The van der Waals surface area contributed by atoms with Crippen LogP contribution in [0.3, 0.4) is 0 Å². The van der Waals surface area contributed by atoms with Gasteiger partial charge in [0.05, 0.1) is 0 Å². The van der Waals surface area contributed by atoms with Crippen molar-refractivity contribution in [3.63, 3.8) is 0 Å². The standard InChI is InChI=1S/C8H17O.O.2Sn.H/c1-2-3-4-5-6-7-8-9;;;;/h2-8H2,1H3;;;;/q-1;;;+1;. The SMILES string of the molecule is CCCCCCCC[O][Sn][O][SnH]. The number of unbranched alkanes of at least 4 members (excludes halogenated alkanes) is 5. The molecule has 70 valence electrons. The van der Waals surface area contributed by atoms with Gasteiger partial charge in [0.25, 0.3) is 0 Å². The first kappa shape index (κ1) is 13.5. The van der Waals surface area contributed by atoms with Crippen LogP contribution in [-0.4, -0.2) is 51.5 Å². The predicted molar refractivity (Wildman–Crippen MR) is 53.3 cm³/mol. The van der Waals surface area contributed by atoms with Gasteiger partial charge < -0.3 is 0 Å². The van der Waals surface area contributed by atoms with Crippen LogP contribution in [0, 0.1) is 0 Å². The van der Waals surface area contributed by atoms with Crippen LogP contribution in [0.4, 0.5) is 0 Å². The molecule has 0 heterocycles. The molecule has 0 amide bonds. The monoisotopic (exact) mass is 386 g/mol. The summed E-state index contributed by atoms with van der Waals surface area (Å²) in [6.07, 6.45) is 8.06. The van der Waals surface area contributed by atoms with Crippen LogP contribution < -0.4 is 0 Å². The van der Waals surface area contributed by atoms with Crippen molar-refractivity contribution in [2.75, 3.05) is 6.61 Å². The summed E-state index contributed by atoms with van der Waals surface area (Å²) in [6.45, 7) is 3.19. The number of rotatable bonds is 9. The molecule has 0 aliphatic rings. The molecule has 0 saturated carbocycles. The molecule has 4 radical (unpaired) electrons. The van der Waals surface area contributed by atoms with Crippen LogP contribution in [-0.2, 0) is 4.49 Å². The third-order valence-corrected chi connectivity index (χ3v) is 4.74. The van der Waals surface area contributed by atoms with E-state index in [-0.39, 0.29) is 0 Å². The van der Waals surface area contributed by atoms with Crippen molar-refractivity contribution in [3.8, 4) is 0 Å². The van der Waals surface area contributed by atoms with Crippen LogP contribution in [0.5, 0.6) is 0 Å². The minimum atomic E-state index is -0.802. The molecule has 0 saturated heterocycles. The van der Waals surface area contributed by atoms with E-state index in [2.05, 4.69) is 6.92 Å². The van der Waals surface area contributed by atoms with Crippen molar-refractivity contribution in [2.45, 2.75) is 45.4 Å². The molecule has 0 N–H and O–H groups in total. The maximum absolute atomic E-state index is 5.37. The Bertz CT molecular complexity index is 71.5. The van der Waals surface area contributed by atoms with E-state index >= 15 is 0 Å². The molecule has 0 unspecified atom stereocenters. The van der Waals surface area contributed by atoms with Gasteiger partial charge in [-0.15, -0.1) is 0 Å². The number of hydrogen-bond acceptors (Lipinski definition) is 2. The van der Waals surface area contributed by atoms with Crippen LogP contribution in [0.1, 0.15) is 45.4 Å². The summed E-state index contributed by atoms with van der Waals surface area (Å²) in [4.78, 5) is 0. The molecule has 0 rings (SSSR count). The molecule has 12 heavy (non-hydrogen) atoms. The first-order valence-corrected chi connectivity index (χ1v) is 8.32. The van der Waals surface area contributed by atoms with E-state index in [1.807, 2.05) is 0 Å². The fourth-order valence-corrected chi connectivity index (χ4v) is 3.18.